The van der Waals surface area contributed by atoms with E-state index in [2.05, 4.69) is 33.8 Å². The summed E-state index contributed by atoms with van der Waals surface area (Å²) in [6, 6.07) is 0. The smallest absolute Gasteiger partial charge is 0.0459 e. The van der Waals surface area contributed by atoms with Gasteiger partial charge in [-0.05, 0) is 61.7 Å². The van der Waals surface area contributed by atoms with Gasteiger partial charge in [0.25, 0.3) is 0 Å². The highest BCUT2D eigenvalue weighted by Gasteiger charge is 2.50. The molecule has 0 aromatic heterocycles. The lowest BCUT2D eigenvalue weighted by atomic mass is 9.59. The van der Waals surface area contributed by atoms with E-state index in [9.17, 15) is 5.11 Å². The lowest BCUT2D eigenvalue weighted by Crippen LogP contribution is -2.38. The van der Waals surface area contributed by atoms with Crippen LogP contribution in [0.1, 0.15) is 53.4 Å². The minimum atomic E-state index is 0.357. The SMILES string of the molecule is CC1=CCC2(CC1C)C(C)CCC2C(C)CO. The Kier molecular flexibility index (Phi) is 3.68. The number of aliphatic hydroxyl groups is 1. The van der Waals surface area contributed by atoms with Crippen LogP contribution in [0.4, 0.5) is 0 Å². The molecule has 2 aliphatic rings. The molecule has 2 rings (SSSR count). The summed E-state index contributed by atoms with van der Waals surface area (Å²) in [4.78, 5) is 0. The molecule has 1 spiro atoms. The summed E-state index contributed by atoms with van der Waals surface area (Å²) in [6.07, 6.45) is 7.75. The Bertz CT molecular complexity index is 307. The maximum absolute atomic E-state index is 9.50. The van der Waals surface area contributed by atoms with Crippen molar-refractivity contribution in [2.24, 2.45) is 29.1 Å². The Morgan fingerprint density at radius 2 is 2.12 bits per heavy atom. The molecule has 0 bridgehead atoms. The zero-order valence-corrected chi connectivity index (χ0v) is 11.9. The van der Waals surface area contributed by atoms with Gasteiger partial charge in [-0.3, -0.25) is 0 Å². The molecule has 0 aliphatic heterocycles. The van der Waals surface area contributed by atoms with Gasteiger partial charge in [-0.25, -0.2) is 0 Å². The predicted octanol–water partition coefficient (Wildman–Crippen LogP) is 4.02. The average molecular weight is 236 g/mol. The largest absolute Gasteiger partial charge is 0.396 e. The number of rotatable bonds is 2. The fourth-order valence-corrected chi connectivity index (χ4v) is 4.42. The molecule has 5 atom stereocenters. The fourth-order valence-electron chi connectivity index (χ4n) is 4.42. The molecule has 0 saturated heterocycles. The Morgan fingerprint density at radius 1 is 1.41 bits per heavy atom. The molecule has 0 radical (unpaired) electrons. The zero-order chi connectivity index (χ0) is 12.6. The van der Waals surface area contributed by atoms with E-state index >= 15 is 0 Å². The molecular formula is C16H28O. The molecule has 0 aromatic rings. The third-order valence-electron chi connectivity index (χ3n) is 5.87. The normalized spacial score (nSPS) is 43.8. The quantitative estimate of drug-likeness (QED) is 0.718. The molecule has 98 valence electrons. The maximum Gasteiger partial charge on any atom is 0.0459 e. The van der Waals surface area contributed by atoms with Crippen LogP contribution in [-0.2, 0) is 0 Å². The van der Waals surface area contributed by atoms with Crippen molar-refractivity contribution in [2.45, 2.75) is 53.4 Å². The number of allylic oxidation sites excluding steroid dienone is 2. The van der Waals surface area contributed by atoms with Gasteiger partial charge in [0.05, 0.1) is 0 Å². The summed E-state index contributed by atoms with van der Waals surface area (Å²) in [5, 5.41) is 9.50. The van der Waals surface area contributed by atoms with Crippen LogP contribution in [0, 0.1) is 29.1 Å². The summed E-state index contributed by atoms with van der Waals surface area (Å²) < 4.78 is 0. The molecule has 0 amide bonds. The third-order valence-corrected chi connectivity index (χ3v) is 5.87. The average Bonchev–Trinajstić information content (AvgIpc) is 2.62. The highest BCUT2D eigenvalue weighted by molar-refractivity contribution is 5.14. The van der Waals surface area contributed by atoms with Crippen LogP contribution in [0.3, 0.4) is 0 Å². The molecular weight excluding hydrogens is 208 g/mol. The molecule has 1 nitrogen and oxygen atoms in total. The summed E-state index contributed by atoms with van der Waals surface area (Å²) in [6.45, 7) is 9.68. The van der Waals surface area contributed by atoms with Crippen molar-refractivity contribution in [3.05, 3.63) is 11.6 Å². The van der Waals surface area contributed by atoms with Crippen molar-refractivity contribution in [3.63, 3.8) is 0 Å². The van der Waals surface area contributed by atoms with Gasteiger partial charge in [-0.15, -0.1) is 0 Å². The second-order valence-corrected chi connectivity index (χ2v) is 6.74. The topological polar surface area (TPSA) is 20.2 Å². The number of hydrogen-bond acceptors (Lipinski definition) is 1. The van der Waals surface area contributed by atoms with Gasteiger partial charge in [0.15, 0.2) is 0 Å². The van der Waals surface area contributed by atoms with Crippen molar-refractivity contribution >= 4 is 0 Å². The summed E-state index contributed by atoms with van der Waals surface area (Å²) in [5.41, 5.74) is 2.06. The molecule has 1 saturated carbocycles. The second kappa shape index (κ2) is 4.76. The monoisotopic (exact) mass is 236 g/mol. The Morgan fingerprint density at radius 3 is 2.71 bits per heavy atom. The van der Waals surface area contributed by atoms with E-state index in [1.54, 1.807) is 5.57 Å². The summed E-state index contributed by atoms with van der Waals surface area (Å²) in [5.74, 6) is 2.76. The van der Waals surface area contributed by atoms with Crippen molar-refractivity contribution in [1.29, 1.82) is 0 Å². The molecule has 2 aliphatic carbocycles. The van der Waals surface area contributed by atoms with Gasteiger partial charge < -0.3 is 5.11 Å². The third kappa shape index (κ3) is 2.07. The van der Waals surface area contributed by atoms with Gasteiger partial charge in [0, 0.05) is 6.61 Å². The zero-order valence-electron chi connectivity index (χ0n) is 11.9. The van der Waals surface area contributed by atoms with E-state index in [1.165, 1.54) is 25.7 Å². The van der Waals surface area contributed by atoms with Crippen molar-refractivity contribution in [2.75, 3.05) is 6.61 Å². The highest BCUT2D eigenvalue weighted by Crippen LogP contribution is 2.58. The van der Waals surface area contributed by atoms with Crippen LogP contribution in [0.25, 0.3) is 0 Å². The lowest BCUT2D eigenvalue weighted by molar-refractivity contribution is 0.0469. The van der Waals surface area contributed by atoms with E-state index in [1.807, 2.05) is 0 Å². The van der Waals surface area contributed by atoms with Crippen molar-refractivity contribution in [1.82, 2.24) is 0 Å². The van der Waals surface area contributed by atoms with Gasteiger partial charge in [0.2, 0.25) is 0 Å². The van der Waals surface area contributed by atoms with Gasteiger partial charge in [0.1, 0.15) is 0 Å². The standard InChI is InChI=1S/C16H28O/c1-11-7-8-16(9-12(11)2)14(4)5-6-15(16)13(3)10-17/h7,12-15,17H,5-6,8-10H2,1-4H3. The first-order valence-corrected chi connectivity index (χ1v) is 7.28. The van der Waals surface area contributed by atoms with Crippen LogP contribution in [0.5, 0.6) is 0 Å². The summed E-state index contributed by atoms with van der Waals surface area (Å²) in [7, 11) is 0. The minimum Gasteiger partial charge on any atom is -0.396 e. The highest BCUT2D eigenvalue weighted by atomic mass is 16.3. The van der Waals surface area contributed by atoms with E-state index < -0.39 is 0 Å². The van der Waals surface area contributed by atoms with Crippen LogP contribution in [0.15, 0.2) is 11.6 Å². The molecule has 1 fully saturated rings. The van der Waals surface area contributed by atoms with E-state index in [-0.39, 0.29) is 0 Å². The fraction of sp³-hybridized carbons (Fsp3) is 0.875. The predicted molar refractivity (Wildman–Crippen MR) is 72.7 cm³/mol. The van der Waals surface area contributed by atoms with Crippen molar-refractivity contribution < 1.29 is 5.11 Å². The first-order chi connectivity index (χ1) is 8.01. The minimum absolute atomic E-state index is 0.357. The Labute approximate surface area is 106 Å². The number of hydrogen-bond donors (Lipinski definition) is 1. The van der Waals surface area contributed by atoms with Gasteiger partial charge in [-0.1, -0.05) is 32.4 Å². The van der Waals surface area contributed by atoms with Gasteiger partial charge >= 0.3 is 0 Å². The maximum atomic E-state index is 9.50. The van der Waals surface area contributed by atoms with Crippen LogP contribution >= 0.6 is 0 Å². The molecule has 17 heavy (non-hydrogen) atoms. The first-order valence-electron chi connectivity index (χ1n) is 7.28. The molecule has 0 heterocycles. The number of aliphatic hydroxyl groups excluding tert-OH is 1. The summed E-state index contributed by atoms with van der Waals surface area (Å²) >= 11 is 0. The van der Waals surface area contributed by atoms with Gasteiger partial charge in [-0.2, -0.15) is 0 Å². The Hall–Kier alpha value is -0.300. The van der Waals surface area contributed by atoms with Crippen LogP contribution in [-0.4, -0.2) is 11.7 Å². The van der Waals surface area contributed by atoms with Crippen LogP contribution in [0.2, 0.25) is 0 Å². The molecule has 0 aromatic carbocycles. The van der Waals surface area contributed by atoms with Crippen LogP contribution < -0.4 is 0 Å². The molecule has 1 N–H and O–H groups in total. The Balaban J connectivity index is 2.26. The molecule has 5 unspecified atom stereocenters. The second-order valence-electron chi connectivity index (χ2n) is 6.74. The molecule has 1 heteroatoms. The van der Waals surface area contributed by atoms with E-state index in [0.717, 1.165) is 17.8 Å². The first kappa shape index (κ1) is 13.1. The van der Waals surface area contributed by atoms with Crippen molar-refractivity contribution in [3.8, 4) is 0 Å². The van der Waals surface area contributed by atoms with E-state index in [4.69, 9.17) is 0 Å². The lowest BCUT2D eigenvalue weighted by Gasteiger charge is -2.45. The van der Waals surface area contributed by atoms with E-state index in [0.29, 0.717) is 17.9 Å².